The van der Waals surface area contributed by atoms with Gasteiger partial charge in [-0.25, -0.2) is 9.78 Å². The van der Waals surface area contributed by atoms with Gasteiger partial charge in [0.2, 0.25) is 0 Å². The zero-order valence-corrected chi connectivity index (χ0v) is 14.3. The molecule has 0 radical (unpaired) electrons. The highest BCUT2D eigenvalue weighted by molar-refractivity contribution is 8.00. The molecule has 0 bridgehead atoms. The Morgan fingerprint density at radius 3 is 2.77 bits per heavy atom. The van der Waals surface area contributed by atoms with Crippen molar-refractivity contribution in [2.45, 2.75) is 10.1 Å². The second-order valence-corrected chi connectivity index (χ2v) is 7.44. The summed E-state index contributed by atoms with van der Waals surface area (Å²) in [4.78, 5) is 28.1. The summed E-state index contributed by atoms with van der Waals surface area (Å²) in [5.41, 5.74) is 0.919. The molecule has 0 fully saturated rings. The molecular weight excluding hydrogens is 342 g/mol. The highest BCUT2D eigenvalue weighted by atomic mass is 35.5. The van der Waals surface area contributed by atoms with E-state index in [0.29, 0.717) is 16.5 Å². The SMILES string of the molecule is Cn1c(CSc2nc3cc(Cl)ccc3s2)cc(=O)n(C)c1=O. The zero-order chi connectivity index (χ0) is 15.9. The first kappa shape index (κ1) is 15.3. The minimum absolute atomic E-state index is 0.296. The first-order valence-corrected chi connectivity index (χ1v) is 8.58. The minimum Gasteiger partial charge on any atom is -0.300 e. The maximum atomic E-state index is 11.9. The molecule has 1 aromatic carbocycles. The van der Waals surface area contributed by atoms with E-state index in [9.17, 15) is 9.59 Å². The number of hydrogen-bond donors (Lipinski definition) is 0. The highest BCUT2D eigenvalue weighted by Crippen LogP contribution is 2.32. The Morgan fingerprint density at radius 1 is 1.23 bits per heavy atom. The van der Waals surface area contributed by atoms with Gasteiger partial charge in [0, 0.05) is 36.6 Å². The van der Waals surface area contributed by atoms with E-state index in [2.05, 4.69) is 4.98 Å². The van der Waals surface area contributed by atoms with Gasteiger partial charge in [-0.2, -0.15) is 0 Å². The van der Waals surface area contributed by atoms with Crippen molar-refractivity contribution in [3.05, 3.63) is 55.8 Å². The molecule has 0 aliphatic carbocycles. The first-order chi connectivity index (χ1) is 10.5. The van der Waals surface area contributed by atoms with Crippen LogP contribution in [-0.4, -0.2) is 14.1 Å². The zero-order valence-electron chi connectivity index (χ0n) is 11.9. The third kappa shape index (κ3) is 2.84. The van der Waals surface area contributed by atoms with Crippen molar-refractivity contribution in [2.24, 2.45) is 14.1 Å². The van der Waals surface area contributed by atoms with E-state index >= 15 is 0 Å². The van der Waals surface area contributed by atoms with Gasteiger partial charge in [0.15, 0.2) is 4.34 Å². The molecule has 114 valence electrons. The lowest BCUT2D eigenvalue weighted by Crippen LogP contribution is -2.37. The number of halogens is 1. The fourth-order valence-electron chi connectivity index (χ4n) is 1.99. The van der Waals surface area contributed by atoms with Crippen molar-refractivity contribution < 1.29 is 0 Å². The average molecular weight is 354 g/mol. The molecule has 0 atom stereocenters. The number of thioether (sulfide) groups is 1. The summed E-state index contributed by atoms with van der Waals surface area (Å²) in [5, 5.41) is 0.656. The van der Waals surface area contributed by atoms with Crippen molar-refractivity contribution in [2.75, 3.05) is 0 Å². The summed E-state index contributed by atoms with van der Waals surface area (Å²) < 4.78 is 4.52. The molecule has 2 heterocycles. The van der Waals surface area contributed by atoms with Gasteiger partial charge in [0.05, 0.1) is 10.2 Å². The van der Waals surface area contributed by atoms with Gasteiger partial charge < -0.3 is 0 Å². The fourth-order valence-corrected chi connectivity index (χ4v) is 4.23. The fraction of sp³-hybridized carbons (Fsp3) is 0.214. The van der Waals surface area contributed by atoms with E-state index < -0.39 is 0 Å². The molecule has 3 aromatic rings. The van der Waals surface area contributed by atoms with E-state index in [4.69, 9.17) is 11.6 Å². The van der Waals surface area contributed by atoms with Gasteiger partial charge in [-0.05, 0) is 18.2 Å². The van der Waals surface area contributed by atoms with Crippen LogP contribution in [0.1, 0.15) is 5.69 Å². The Bertz CT molecular complexity index is 974. The van der Waals surface area contributed by atoms with Crippen LogP contribution in [0.5, 0.6) is 0 Å². The van der Waals surface area contributed by atoms with E-state index in [1.807, 2.05) is 18.2 Å². The van der Waals surface area contributed by atoms with Gasteiger partial charge in [0.25, 0.3) is 5.56 Å². The molecule has 3 rings (SSSR count). The van der Waals surface area contributed by atoms with Crippen molar-refractivity contribution >= 4 is 44.9 Å². The summed E-state index contributed by atoms with van der Waals surface area (Å²) in [6, 6.07) is 7.08. The van der Waals surface area contributed by atoms with Crippen LogP contribution in [-0.2, 0) is 19.8 Å². The van der Waals surface area contributed by atoms with Crippen molar-refractivity contribution in [1.29, 1.82) is 0 Å². The Hall–Kier alpha value is -1.57. The van der Waals surface area contributed by atoms with Crippen molar-refractivity contribution in [1.82, 2.24) is 14.1 Å². The van der Waals surface area contributed by atoms with Crippen molar-refractivity contribution in [3.8, 4) is 0 Å². The molecule has 8 heteroatoms. The summed E-state index contributed by atoms with van der Waals surface area (Å²) >= 11 is 9.02. The highest BCUT2D eigenvalue weighted by Gasteiger charge is 2.09. The molecule has 0 aliphatic rings. The number of benzene rings is 1. The van der Waals surface area contributed by atoms with Gasteiger partial charge in [-0.15, -0.1) is 11.3 Å². The Balaban J connectivity index is 1.88. The van der Waals surface area contributed by atoms with E-state index in [1.165, 1.54) is 29.4 Å². The van der Waals surface area contributed by atoms with Crippen LogP contribution < -0.4 is 11.2 Å². The molecule has 0 N–H and O–H groups in total. The van der Waals surface area contributed by atoms with E-state index in [-0.39, 0.29) is 11.2 Å². The molecule has 22 heavy (non-hydrogen) atoms. The topological polar surface area (TPSA) is 56.9 Å². The smallest absolute Gasteiger partial charge is 0.300 e. The number of nitrogens with zero attached hydrogens (tertiary/aromatic N) is 3. The van der Waals surface area contributed by atoms with Gasteiger partial charge in [-0.1, -0.05) is 23.4 Å². The Kier molecular flexibility index (Phi) is 4.12. The third-order valence-corrected chi connectivity index (χ3v) is 5.75. The van der Waals surface area contributed by atoms with Crippen LogP contribution in [0.25, 0.3) is 10.2 Å². The van der Waals surface area contributed by atoms with Crippen LogP contribution >= 0.6 is 34.7 Å². The van der Waals surface area contributed by atoms with Gasteiger partial charge in [-0.3, -0.25) is 13.9 Å². The largest absolute Gasteiger partial charge is 0.330 e. The molecule has 2 aromatic heterocycles. The molecule has 0 saturated carbocycles. The number of thiazole rings is 1. The average Bonchev–Trinajstić information content (AvgIpc) is 2.89. The molecule has 0 aliphatic heterocycles. The Morgan fingerprint density at radius 2 is 2.00 bits per heavy atom. The summed E-state index contributed by atoms with van der Waals surface area (Å²) in [6.45, 7) is 0. The maximum Gasteiger partial charge on any atom is 0.330 e. The molecule has 5 nitrogen and oxygen atoms in total. The van der Waals surface area contributed by atoms with Crippen LogP contribution in [0.4, 0.5) is 0 Å². The minimum atomic E-state index is -0.320. The van der Waals surface area contributed by atoms with Crippen LogP contribution in [0, 0.1) is 0 Å². The first-order valence-electron chi connectivity index (χ1n) is 6.40. The van der Waals surface area contributed by atoms with Gasteiger partial charge in [0.1, 0.15) is 0 Å². The predicted octanol–water partition coefficient (Wildman–Crippen LogP) is 2.64. The molecule has 0 spiro atoms. The standard InChI is InChI=1S/C14H12ClN3O2S2/c1-17-9(6-12(19)18(2)14(17)20)7-21-13-16-10-5-8(15)3-4-11(10)22-13/h3-6H,7H2,1-2H3. The second-order valence-electron chi connectivity index (χ2n) is 4.76. The lowest BCUT2D eigenvalue weighted by Gasteiger charge is -2.07. The van der Waals surface area contributed by atoms with E-state index in [0.717, 1.165) is 19.1 Å². The number of aromatic nitrogens is 3. The summed E-state index contributed by atoms with van der Waals surface area (Å²) in [6.07, 6.45) is 0. The van der Waals surface area contributed by atoms with Crippen molar-refractivity contribution in [3.63, 3.8) is 0 Å². The Labute approximate surface area is 139 Å². The molecule has 0 saturated heterocycles. The maximum absolute atomic E-state index is 11.9. The molecular formula is C14H12ClN3O2S2. The van der Waals surface area contributed by atoms with E-state index in [1.54, 1.807) is 18.4 Å². The molecule has 0 amide bonds. The number of hydrogen-bond acceptors (Lipinski definition) is 5. The number of fused-ring (bicyclic) bond motifs is 1. The predicted molar refractivity (Wildman–Crippen MR) is 91.1 cm³/mol. The molecule has 0 unspecified atom stereocenters. The lowest BCUT2D eigenvalue weighted by atomic mass is 10.3. The van der Waals surface area contributed by atoms with Gasteiger partial charge >= 0.3 is 5.69 Å². The summed E-state index contributed by atoms with van der Waals surface area (Å²) in [5.74, 6) is 0.509. The quantitative estimate of drug-likeness (QED) is 0.679. The van der Waals surface area contributed by atoms with Crippen LogP contribution in [0.3, 0.4) is 0 Å². The van der Waals surface area contributed by atoms with Crippen LogP contribution in [0.15, 0.2) is 38.2 Å². The lowest BCUT2D eigenvalue weighted by molar-refractivity contribution is 0.665. The second kappa shape index (κ2) is 5.91. The van der Waals surface area contributed by atoms with Crippen LogP contribution in [0.2, 0.25) is 5.02 Å². The number of rotatable bonds is 3. The summed E-state index contributed by atoms with van der Waals surface area (Å²) in [7, 11) is 3.13. The normalized spacial score (nSPS) is 11.2. The monoisotopic (exact) mass is 353 g/mol. The third-order valence-electron chi connectivity index (χ3n) is 3.30.